The normalized spacial score (nSPS) is 26.6. The lowest BCUT2D eigenvalue weighted by Gasteiger charge is -2.44. The molecule has 1 aromatic rings. The van der Waals surface area contributed by atoms with E-state index in [0.717, 1.165) is 56.2 Å². The van der Waals surface area contributed by atoms with Gasteiger partial charge in [-0.15, -0.1) is 0 Å². The number of amidine groups is 1. The van der Waals surface area contributed by atoms with Gasteiger partial charge in [-0.05, 0) is 69.0 Å². The highest BCUT2D eigenvalue weighted by Crippen LogP contribution is 2.39. The van der Waals surface area contributed by atoms with Gasteiger partial charge in [-0.1, -0.05) is 18.7 Å². The fourth-order valence-corrected chi connectivity index (χ4v) is 7.85. The van der Waals surface area contributed by atoms with E-state index in [2.05, 4.69) is 40.6 Å². The van der Waals surface area contributed by atoms with Crippen LogP contribution < -0.4 is 4.74 Å². The van der Waals surface area contributed by atoms with Gasteiger partial charge in [0.25, 0.3) is 0 Å². The Hall–Kier alpha value is -3.20. The van der Waals surface area contributed by atoms with Crippen molar-refractivity contribution in [3.05, 3.63) is 48.1 Å². The van der Waals surface area contributed by atoms with Crippen LogP contribution in [0.15, 0.2) is 40.8 Å². The lowest BCUT2D eigenvalue weighted by molar-refractivity contribution is -0.130. The quantitative estimate of drug-likeness (QED) is 0.295. The Balaban J connectivity index is 1.35. The second-order valence-corrected chi connectivity index (χ2v) is 12.8. The molecule has 10 nitrogen and oxygen atoms in total. The first-order chi connectivity index (χ1) is 20.9. The fraction of sp³-hybridized carbons (Fsp3) is 0.562. The molecule has 0 N–H and O–H groups in total. The first-order valence-corrected chi connectivity index (χ1v) is 16.1. The number of amides is 1. The topological polar surface area (TPSA) is 111 Å². The number of nitrogens with zero attached hydrogens (tertiary/aromatic N) is 6. The summed E-state index contributed by atoms with van der Waals surface area (Å²) in [6.07, 6.45) is 7.72. The van der Waals surface area contributed by atoms with Crippen LogP contribution in [0.1, 0.15) is 43.2 Å². The van der Waals surface area contributed by atoms with Gasteiger partial charge in [-0.2, -0.15) is 22.0 Å². The zero-order chi connectivity index (χ0) is 30.3. The molecule has 1 amide bonds. The van der Waals surface area contributed by atoms with Gasteiger partial charge in [-0.25, -0.2) is 4.99 Å². The zero-order valence-corrected chi connectivity index (χ0v) is 25.9. The summed E-state index contributed by atoms with van der Waals surface area (Å²) < 4.78 is 11.8. The van der Waals surface area contributed by atoms with E-state index in [9.17, 15) is 14.9 Å². The number of carbonyl (C=O) groups is 2. The number of hydrogen-bond donors (Lipinski definition) is 0. The minimum Gasteiger partial charge on any atom is -0.496 e. The highest BCUT2D eigenvalue weighted by molar-refractivity contribution is 7.99. The molecule has 0 bridgehead atoms. The summed E-state index contributed by atoms with van der Waals surface area (Å²) in [5.74, 6) is 1.37. The summed E-state index contributed by atoms with van der Waals surface area (Å²) in [7, 11) is 3.81. The molecule has 1 radical (unpaired) electrons. The molecule has 2 fully saturated rings. The second kappa shape index (κ2) is 14.5. The highest BCUT2D eigenvalue weighted by atomic mass is 32.2. The van der Waals surface area contributed by atoms with E-state index >= 15 is 0 Å². The number of rotatable bonds is 10. The Bertz CT molecular complexity index is 1280. The van der Waals surface area contributed by atoms with Crippen molar-refractivity contribution in [2.45, 2.75) is 61.6 Å². The second-order valence-electron chi connectivity index (χ2n) is 11.6. The Morgan fingerprint density at radius 2 is 2.09 bits per heavy atom. The molecule has 43 heavy (non-hydrogen) atoms. The lowest BCUT2D eigenvalue weighted by atomic mass is 9.89. The third kappa shape index (κ3) is 7.14. The molecule has 4 aliphatic rings. The van der Waals surface area contributed by atoms with E-state index < -0.39 is 0 Å². The number of carbonyl (C=O) groups excluding carboxylic acids is 2. The third-order valence-corrected chi connectivity index (χ3v) is 10.4. The van der Waals surface area contributed by atoms with Gasteiger partial charge in [0.1, 0.15) is 12.4 Å². The number of likely N-dealkylation sites (tertiary alicyclic amines) is 1. The molecule has 229 valence electrons. The van der Waals surface area contributed by atoms with Crippen LogP contribution in [0.4, 0.5) is 0 Å². The van der Waals surface area contributed by atoms with Gasteiger partial charge in [0.2, 0.25) is 5.91 Å². The van der Waals surface area contributed by atoms with Crippen molar-refractivity contribution in [1.82, 2.24) is 14.7 Å². The molecule has 0 spiro atoms. The van der Waals surface area contributed by atoms with Crippen LogP contribution in [0.25, 0.3) is 0 Å². The van der Waals surface area contributed by atoms with Gasteiger partial charge in [0.15, 0.2) is 12.5 Å². The number of likely N-dealkylation sites (N-methyl/N-ethyl adjacent to an activating group) is 1. The zero-order valence-electron chi connectivity index (χ0n) is 25.1. The number of hydrogen-bond acceptors (Lipinski definition) is 10. The van der Waals surface area contributed by atoms with Crippen molar-refractivity contribution in [2.75, 3.05) is 46.9 Å². The van der Waals surface area contributed by atoms with Crippen LogP contribution in [0.2, 0.25) is 0 Å². The van der Waals surface area contributed by atoms with E-state index in [1.165, 1.54) is 17.2 Å². The van der Waals surface area contributed by atoms with Crippen LogP contribution in [-0.2, 0) is 26.5 Å². The number of thioether (sulfide) groups is 1. The molecule has 4 aliphatic heterocycles. The largest absolute Gasteiger partial charge is 0.496 e. The minimum absolute atomic E-state index is 0.182. The summed E-state index contributed by atoms with van der Waals surface area (Å²) in [4.78, 5) is 40.7. The number of aliphatic imine (C=N–C) groups is 2. The summed E-state index contributed by atoms with van der Waals surface area (Å²) in [6, 6.07) is 8.64. The van der Waals surface area contributed by atoms with E-state index in [4.69, 9.17) is 14.5 Å². The number of methoxy groups -OCH3 is 1. The average molecular weight is 606 g/mol. The van der Waals surface area contributed by atoms with Crippen LogP contribution in [-0.4, -0.2) is 103 Å². The molecule has 0 aliphatic carbocycles. The van der Waals surface area contributed by atoms with Crippen molar-refractivity contribution < 1.29 is 19.1 Å². The molecule has 0 saturated carbocycles. The molecule has 1 aromatic carbocycles. The first kappa shape index (κ1) is 31.2. The summed E-state index contributed by atoms with van der Waals surface area (Å²) >= 11 is 1.93. The van der Waals surface area contributed by atoms with Gasteiger partial charge >= 0.3 is 6.02 Å². The Morgan fingerprint density at radius 1 is 1.23 bits per heavy atom. The number of aldehydes is 1. The first-order valence-electron chi connectivity index (χ1n) is 15.1. The van der Waals surface area contributed by atoms with E-state index in [-0.39, 0.29) is 36.4 Å². The molecule has 4 heterocycles. The van der Waals surface area contributed by atoms with Crippen molar-refractivity contribution in [1.29, 1.82) is 5.26 Å². The Labute approximate surface area is 258 Å². The number of ether oxygens (including phenoxy) is 2. The highest BCUT2D eigenvalue weighted by Gasteiger charge is 2.41. The molecule has 0 aromatic heterocycles. The number of nitriles is 1. The standard InChI is InChI=1S/C32H41N6O4S/c1-4-30(40)38-16-15-37(18-23(38)12-13-33)31-26(11-10-25-17-27-22(21-43-25)7-5-9-29(27)41-3)28(19-39)34-32(35-31)42-20-24-8-6-14-36(24)2/h4-5,7,9,19,23-26H,1,6,8,10-12,14-18,20-21H2,2-3H3/t23?,24?,25-,26?/m0/s1. The van der Waals surface area contributed by atoms with Crippen LogP contribution in [0, 0.1) is 23.4 Å². The molecular formula is C32H41N6O4S. The van der Waals surface area contributed by atoms with Gasteiger partial charge in [0.05, 0.1) is 31.4 Å². The maximum absolute atomic E-state index is 12.5. The van der Waals surface area contributed by atoms with Crippen molar-refractivity contribution in [2.24, 2.45) is 15.9 Å². The van der Waals surface area contributed by atoms with Gasteiger partial charge in [0, 0.05) is 42.6 Å². The molecule has 11 heteroatoms. The SMILES string of the molecule is C=CC(=O)N1CCN([C]2N=C(OCC3CCCN3C)N=C(C=O)C2CC[C@H]2Cc3c(cccc3OC)CS2)CC1CC#N. The number of fused-ring (bicyclic) bond motifs is 1. The summed E-state index contributed by atoms with van der Waals surface area (Å²) in [5.41, 5.74) is 2.99. The lowest BCUT2D eigenvalue weighted by Crippen LogP contribution is -2.57. The van der Waals surface area contributed by atoms with Crippen molar-refractivity contribution in [3.8, 4) is 11.8 Å². The predicted molar refractivity (Wildman–Crippen MR) is 168 cm³/mol. The predicted octanol–water partition coefficient (Wildman–Crippen LogP) is 3.47. The maximum Gasteiger partial charge on any atom is 0.314 e. The Morgan fingerprint density at radius 3 is 2.81 bits per heavy atom. The van der Waals surface area contributed by atoms with E-state index in [1.807, 2.05) is 23.9 Å². The summed E-state index contributed by atoms with van der Waals surface area (Å²) in [5, 5.41) is 9.89. The monoisotopic (exact) mass is 605 g/mol. The molecular weight excluding hydrogens is 564 g/mol. The average Bonchev–Trinajstić information content (AvgIpc) is 3.46. The smallest absolute Gasteiger partial charge is 0.314 e. The number of benzene rings is 1. The van der Waals surface area contributed by atoms with Crippen LogP contribution >= 0.6 is 11.8 Å². The van der Waals surface area contributed by atoms with E-state index in [0.29, 0.717) is 43.6 Å². The van der Waals surface area contributed by atoms with Gasteiger partial charge in [-0.3, -0.25) is 14.5 Å². The van der Waals surface area contributed by atoms with Gasteiger partial charge < -0.3 is 19.3 Å². The number of piperazine rings is 1. The third-order valence-electron chi connectivity index (χ3n) is 9.03. The molecule has 5 rings (SSSR count). The van der Waals surface area contributed by atoms with E-state index in [1.54, 1.807) is 12.0 Å². The molecule has 2 saturated heterocycles. The van der Waals surface area contributed by atoms with Crippen LogP contribution in [0.3, 0.4) is 0 Å². The Kier molecular flexibility index (Phi) is 10.5. The van der Waals surface area contributed by atoms with Crippen LogP contribution in [0.5, 0.6) is 5.75 Å². The van der Waals surface area contributed by atoms with Crippen molar-refractivity contribution >= 4 is 35.7 Å². The maximum atomic E-state index is 12.5. The molecule has 3 unspecified atom stereocenters. The van der Waals surface area contributed by atoms with Crippen molar-refractivity contribution in [3.63, 3.8) is 0 Å². The fourth-order valence-electron chi connectivity index (χ4n) is 6.58. The molecule has 4 atom stereocenters. The minimum atomic E-state index is -0.305. The summed E-state index contributed by atoms with van der Waals surface area (Å²) in [6.45, 7) is 6.54.